The standard InChI is InChI=1S/C22H24N2O3S/c1-3-25-19-11-21-20(26-14-27-21)10-17(19)12-24-18(9-16-6-8-28-13-16)22-15(2)5-4-7-23-22/h4-8,10-11,13,18,24H,3,9,12,14H2,1-2H3/t18-/m1/s1. The van der Waals surface area contributed by atoms with E-state index in [9.17, 15) is 0 Å². The molecule has 0 unspecified atom stereocenters. The summed E-state index contributed by atoms with van der Waals surface area (Å²) >= 11 is 1.72. The second-order valence-electron chi connectivity index (χ2n) is 6.72. The lowest BCUT2D eigenvalue weighted by atomic mass is 10.0. The Morgan fingerprint density at radius 2 is 2.11 bits per heavy atom. The van der Waals surface area contributed by atoms with Gasteiger partial charge in [-0.1, -0.05) is 6.07 Å². The molecule has 1 aliphatic rings. The van der Waals surface area contributed by atoms with Crippen LogP contribution in [0.25, 0.3) is 0 Å². The van der Waals surface area contributed by atoms with E-state index < -0.39 is 0 Å². The van der Waals surface area contributed by atoms with Gasteiger partial charge in [-0.25, -0.2) is 0 Å². The Balaban J connectivity index is 1.58. The number of pyridine rings is 1. The van der Waals surface area contributed by atoms with Crippen molar-refractivity contribution in [3.05, 3.63) is 69.7 Å². The average Bonchev–Trinajstić information content (AvgIpc) is 3.37. The molecule has 146 valence electrons. The Labute approximate surface area is 169 Å². The summed E-state index contributed by atoms with van der Waals surface area (Å²) in [5.41, 5.74) is 4.62. The van der Waals surface area contributed by atoms with Gasteiger partial charge in [0.1, 0.15) is 5.75 Å². The highest BCUT2D eigenvalue weighted by Gasteiger charge is 2.20. The minimum absolute atomic E-state index is 0.107. The van der Waals surface area contributed by atoms with E-state index in [0.29, 0.717) is 13.2 Å². The number of hydrogen-bond donors (Lipinski definition) is 1. The number of nitrogens with one attached hydrogen (secondary N) is 1. The second-order valence-corrected chi connectivity index (χ2v) is 7.50. The largest absolute Gasteiger partial charge is 0.493 e. The van der Waals surface area contributed by atoms with Crippen LogP contribution in [0.15, 0.2) is 47.3 Å². The third-order valence-electron chi connectivity index (χ3n) is 4.79. The van der Waals surface area contributed by atoms with Gasteiger partial charge in [0.2, 0.25) is 6.79 Å². The maximum atomic E-state index is 5.84. The number of hydrogen-bond acceptors (Lipinski definition) is 6. The van der Waals surface area contributed by atoms with E-state index in [1.54, 1.807) is 11.3 Å². The van der Waals surface area contributed by atoms with Crippen molar-refractivity contribution in [1.29, 1.82) is 0 Å². The molecule has 2 aromatic heterocycles. The second kappa shape index (κ2) is 8.63. The van der Waals surface area contributed by atoms with Crippen LogP contribution in [-0.4, -0.2) is 18.4 Å². The molecule has 0 saturated heterocycles. The van der Waals surface area contributed by atoms with Crippen LogP contribution in [0.3, 0.4) is 0 Å². The Bertz CT molecular complexity index is 928. The molecule has 0 amide bonds. The molecule has 3 heterocycles. The first-order chi connectivity index (χ1) is 13.7. The highest BCUT2D eigenvalue weighted by Crippen LogP contribution is 2.38. The summed E-state index contributed by atoms with van der Waals surface area (Å²) in [7, 11) is 0. The van der Waals surface area contributed by atoms with E-state index in [0.717, 1.165) is 34.9 Å². The maximum absolute atomic E-state index is 5.84. The van der Waals surface area contributed by atoms with E-state index in [1.165, 1.54) is 11.1 Å². The van der Waals surface area contributed by atoms with Crippen molar-refractivity contribution in [2.75, 3.05) is 13.4 Å². The van der Waals surface area contributed by atoms with Crippen LogP contribution in [0.1, 0.15) is 35.3 Å². The zero-order valence-corrected chi connectivity index (χ0v) is 16.9. The fourth-order valence-corrected chi connectivity index (χ4v) is 4.08. The normalized spacial score (nSPS) is 13.5. The molecule has 5 nitrogen and oxygen atoms in total. The van der Waals surface area contributed by atoms with Crippen LogP contribution in [0.2, 0.25) is 0 Å². The van der Waals surface area contributed by atoms with Crippen molar-refractivity contribution < 1.29 is 14.2 Å². The van der Waals surface area contributed by atoms with Crippen molar-refractivity contribution in [3.63, 3.8) is 0 Å². The molecule has 1 aromatic carbocycles. The zero-order chi connectivity index (χ0) is 19.3. The van der Waals surface area contributed by atoms with E-state index in [2.05, 4.69) is 40.1 Å². The lowest BCUT2D eigenvalue weighted by Crippen LogP contribution is -2.25. The maximum Gasteiger partial charge on any atom is 0.231 e. The minimum atomic E-state index is 0.107. The lowest BCUT2D eigenvalue weighted by Gasteiger charge is -2.21. The van der Waals surface area contributed by atoms with Crippen LogP contribution in [0, 0.1) is 6.92 Å². The number of ether oxygens (including phenoxy) is 3. The van der Waals surface area contributed by atoms with Gasteiger partial charge in [0.25, 0.3) is 0 Å². The number of nitrogens with zero attached hydrogens (tertiary/aromatic N) is 1. The minimum Gasteiger partial charge on any atom is -0.493 e. The molecule has 1 atom stereocenters. The number of rotatable bonds is 8. The molecule has 0 saturated carbocycles. The van der Waals surface area contributed by atoms with E-state index in [-0.39, 0.29) is 12.8 Å². The summed E-state index contributed by atoms with van der Waals surface area (Å²) in [5.74, 6) is 2.33. The molecule has 0 fully saturated rings. The quantitative estimate of drug-likeness (QED) is 0.600. The van der Waals surface area contributed by atoms with Crippen molar-refractivity contribution >= 4 is 11.3 Å². The molecule has 28 heavy (non-hydrogen) atoms. The van der Waals surface area contributed by atoms with Crippen LogP contribution in [0.5, 0.6) is 17.2 Å². The number of aromatic nitrogens is 1. The highest BCUT2D eigenvalue weighted by atomic mass is 32.1. The first kappa shape index (κ1) is 18.8. The van der Waals surface area contributed by atoms with E-state index in [4.69, 9.17) is 14.2 Å². The fourth-order valence-electron chi connectivity index (χ4n) is 3.40. The number of aryl methyl sites for hydroxylation is 1. The summed E-state index contributed by atoms with van der Waals surface area (Å²) < 4.78 is 16.9. The van der Waals surface area contributed by atoms with Gasteiger partial charge < -0.3 is 19.5 Å². The van der Waals surface area contributed by atoms with Gasteiger partial charge in [-0.2, -0.15) is 11.3 Å². The van der Waals surface area contributed by atoms with Crippen molar-refractivity contribution in [3.8, 4) is 17.2 Å². The van der Waals surface area contributed by atoms with Gasteiger partial charge >= 0.3 is 0 Å². The first-order valence-corrected chi connectivity index (χ1v) is 10.4. The highest BCUT2D eigenvalue weighted by molar-refractivity contribution is 7.07. The molecular formula is C22H24N2O3S. The van der Waals surface area contributed by atoms with Crippen LogP contribution in [0.4, 0.5) is 0 Å². The predicted molar refractivity (Wildman–Crippen MR) is 110 cm³/mol. The van der Waals surface area contributed by atoms with Gasteiger partial charge in [-0.05, 0) is 60.4 Å². The number of benzene rings is 1. The van der Waals surface area contributed by atoms with Crippen LogP contribution >= 0.6 is 11.3 Å². The molecule has 4 rings (SSSR count). The number of fused-ring (bicyclic) bond motifs is 1. The van der Waals surface area contributed by atoms with Crippen molar-refractivity contribution in [2.45, 2.75) is 32.9 Å². The summed E-state index contributed by atoms with van der Waals surface area (Å²) in [4.78, 5) is 4.65. The predicted octanol–water partition coefficient (Wildman–Crippen LogP) is 4.65. The monoisotopic (exact) mass is 396 g/mol. The van der Waals surface area contributed by atoms with Gasteiger partial charge in [0, 0.05) is 24.4 Å². The van der Waals surface area contributed by atoms with Crippen molar-refractivity contribution in [2.24, 2.45) is 0 Å². The summed E-state index contributed by atoms with van der Waals surface area (Å²) in [5, 5.41) is 7.99. The Morgan fingerprint density at radius 1 is 1.25 bits per heavy atom. The third-order valence-corrected chi connectivity index (χ3v) is 5.53. The molecule has 0 bridgehead atoms. The summed E-state index contributed by atoms with van der Waals surface area (Å²) in [6.07, 6.45) is 2.74. The molecule has 3 aromatic rings. The molecule has 6 heteroatoms. The zero-order valence-electron chi connectivity index (χ0n) is 16.1. The molecule has 0 spiro atoms. The summed E-state index contributed by atoms with van der Waals surface area (Å²) in [6.45, 7) is 5.60. The fraction of sp³-hybridized carbons (Fsp3) is 0.318. The smallest absolute Gasteiger partial charge is 0.231 e. The molecule has 1 aliphatic heterocycles. The van der Waals surface area contributed by atoms with E-state index >= 15 is 0 Å². The van der Waals surface area contributed by atoms with Gasteiger partial charge in [0.05, 0.1) is 18.3 Å². The van der Waals surface area contributed by atoms with Gasteiger partial charge in [-0.3, -0.25) is 4.98 Å². The molecule has 1 N–H and O–H groups in total. The van der Waals surface area contributed by atoms with E-state index in [1.807, 2.05) is 31.3 Å². The SMILES string of the molecule is CCOc1cc2c(cc1CN[C@H](Cc1ccsc1)c1ncccc1C)OCO2. The Hall–Kier alpha value is -2.57. The lowest BCUT2D eigenvalue weighted by molar-refractivity contribution is 0.173. The summed E-state index contributed by atoms with van der Waals surface area (Å²) in [6, 6.07) is 10.3. The average molecular weight is 397 g/mol. The topological polar surface area (TPSA) is 52.6 Å². The molecule has 0 radical (unpaired) electrons. The van der Waals surface area contributed by atoms with Gasteiger partial charge in [0.15, 0.2) is 11.5 Å². The number of thiophene rings is 1. The van der Waals surface area contributed by atoms with Gasteiger partial charge in [-0.15, -0.1) is 0 Å². The molecular weight excluding hydrogens is 372 g/mol. The third kappa shape index (κ3) is 4.13. The Kier molecular flexibility index (Phi) is 5.78. The van der Waals surface area contributed by atoms with Crippen molar-refractivity contribution in [1.82, 2.24) is 10.3 Å². The van der Waals surface area contributed by atoms with Crippen LogP contribution in [-0.2, 0) is 13.0 Å². The van der Waals surface area contributed by atoms with Crippen LogP contribution < -0.4 is 19.5 Å². The molecule has 0 aliphatic carbocycles. The Morgan fingerprint density at radius 3 is 2.86 bits per heavy atom. The first-order valence-electron chi connectivity index (χ1n) is 9.46.